The molecular weight excluding hydrogens is 341 g/mol. The number of amides is 1. The fraction of sp³-hybridized carbons (Fsp3) is 0.0909. The van der Waals surface area contributed by atoms with Crippen LogP contribution in [0.1, 0.15) is 16.1 Å². The maximum Gasteiger partial charge on any atom is 0.274 e. The van der Waals surface area contributed by atoms with Crippen molar-refractivity contribution >= 4 is 16.7 Å². The van der Waals surface area contributed by atoms with Gasteiger partial charge in [0.1, 0.15) is 5.82 Å². The molecule has 4 aromatic rings. The van der Waals surface area contributed by atoms with E-state index in [1.54, 1.807) is 36.3 Å². The Morgan fingerprint density at radius 2 is 1.81 bits per heavy atom. The van der Waals surface area contributed by atoms with E-state index < -0.39 is 0 Å². The SMILES string of the molecule is CN(Cc1cccc2ccccc12)C(=O)c1ccn(-c2cccc(F)c2)n1. The lowest BCUT2D eigenvalue weighted by Gasteiger charge is -2.17. The summed E-state index contributed by atoms with van der Waals surface area (Å²) in [5.41, 5.74) is 1.97. The molecular formula is C22H18FN3O. The van der Waals surface area contributed by atoms with Crippen LogP contribution in [-0.4, -0.2) is 27.6 Å². The maximum atomic E-state index is 13.4. The van der Waals surface area contributed by atoms with Gasteiger partial charge in [-0.05, 0) is 40.6 Å². The first-order valence-corrected chi connectivity index (χ1v) is 8.65. The summed E-state index contributed by atoms with van der Waals surface area (Å²) in [6.45, 7) is 0.479. The Bertz CT molecular complexity index is 1110. The normalized spacial score (nSPS) is 10.9. The molecule has 134 valence electrons. The highest BCUT2D eigenvalue weighted by Gasteiger charge is 2.16. The van der Waals surface area contributed by atoms with Gasteiger partial charge in [0.2, 0.25) is 0 Å². The van der Waals surface area contributed by atoms with Crippen LogP contribution in [-0.2, 0) is 6.54 Å². The third-order valence-corrected chi connectivity index (χ3v) is 4.52. The Hall–Kier alpha value is -3.47. The van der Waals surface area contributed by atoms with Crippen molar-refractivity contribution in [2.24, 2.45) is 0 Å². The second-order valence-electron chi connectivity index (χ2n) is 6.42. The van der Waals surface area contributed by atoms with E-state index in [1.807, 2.05) is 24.3 Å². The van der Waals surface area contributed by atoms with Crippen molar-refractivity contribution in [3.63, 3.8) is 0 Å². The number of hydrogen-bond donors (Lipinski definition) is 0. The van der Waals surface area contributed by atoms with E-state index in [0.717, 1.165) is 16.3 Å². The zero-order valence-electron chi connectivity index (χ0n) is 14.8. The summed E-state index contributed by atoms with van der Waals surface area (Å²) >= 11 is 0. The molecule has 4 rings (SSSR count). The van der Waals surface area contributed by atoms with E-state index in [-0.39, 0.29) is 11.7 Å². The summed E-state index contributed by atoms with van der Waals surface area (Å²) in [6.07, 6.45) is 1.66. The van der Waals surface area contributed by atoms with Gasteiger partial charge in [-0.15, -0.1) is 0 Å². The zero-order valence-corrected chi connectivity index (χ0v) is 14.8. The molecule has 0 saturated heterocycles. The molecule has 0 aliphatic rings. The fourth-order valence-corrected chi connectivity index (χ4v) is 3.15. The number of halogens is 1. The lowest BCUT2D eigenvalue weighted by atomic mass is 10.0. The van der Waals surface area contributed by atoms with Crippen LogP contribution in [0, 0.1) is 5.82 Å². The van der Waals surface area contributed by atoms with Crippen LogP contribution < -0.4 is 0 Å². The molecule has 0 bridgehead atoms. The van der Waals surface area contributed by atoms with Crippen LogP contribution in [0.3, 0.4) is 0 Å². The number of hydrogen-bond acceptors (Lipinski definition) is 2. The van der Waals surface area contributed by atoms with Crippen molar-refractivity contribution in [1.29, 1.82) is 0 Å². The highest BCUT2D eigenvalue weighted by molar-refractivity contribution is 5.92. The van der Waals surface area contributed by atoms with E-state index in [1.165, 1.54) is 16.8 Å². The van der Waals surface area contributed by atoms with Gasteiger partial charge >= 0.3 is 0 Å². The average Bonchev–Trinajstić information content (AvgIpc) is 3.18. The average molecular weight is 359 g/mol. The molecule has 0 radical (unpaired) electrons. The first-order chi connectivity index (χ1) is 13.1. The Morgan fingerprint density at radius 3 is 2.67 bits per heavy atom. The molecule has 1 heterocycles. The zero-order chi connectivity index (χ0) is 18.8. The molecule has 0 saturated carbocycles. The second-order valence-corrected chi connectivity index (χ2v) is 6.42. The lowest BCUT2D eigenvalue weighted by molar-refractivity contribution is 0.0779. The fourth-order valence-electron chi connectivity index (χ4n) is 3.15. The third-order valence-electron chi connectivity index (χ3n) is 4.52. The van der Waals surface area contributed by atoms with Crippen LogP contribution in [0.5, 0.6) is 0 Å². The summed E-state index contributed by atoms with van der Waals surface area (Å²) in [5, 5.41) is 6.58. The minimum atomic E-state index is -0.344. The number of nitrogens with zero attached hydrogens (tertiary/aromatic N) is 3. The van der Waals surface area contributed by atoms with Crippen molar-refractivity contribution < 1.29 is 9.18 Å². The Morgan fingerprint density at radius 1 is 1.04 bits per heavy atom. The van der Waals surface area contributed by atoms with Gasteiger partial charge in [0.25, 0.3) is 5.91 Å². The molecule has 0 spiro atoms. The molecule has 1 amide bonds. The lowest BCUT2D eigenvalue weighted by Crippen LogP contribution is -2.26. The molecule has 3 aromatic carbocycles. The molecule has 0 atom stereocenters. The molecule has 0 aliphatic carbocycles. The Balaban J connectivity index is 1.56. The van der Waals surface area contributed by atoms with Crippen molar-refractivity contribution in [1.82, 2.24) is 14.7 Å². The number of benzene rings is 3. The summed E-state index contributed by atoms with van der Waals surface area (Å²) in [4.78, 5) is 14.4. The van der Waals surface area contributed by atoms with Crippen LogP contribution in [0.2, 0.25) is 0 Å². The largest absolute Gasteiger partial charge is 0.336 e. The molecule has 0 N–H and O–H groups in total. The van der Waals surface area contributed by atoms with Crippen LogP contribution in [0.25, 0.3) is 16.5 Å². The van der Waals surface area contributed by atoms with Crippen molar-refractivity contribution in [3.8, 4) is 5.69 Å². The van der Waals surface area contributed by atoms with Crippen LogP contribution >= 0.6 is 0 Å². The minimum Gasteiger partial charge on any atom is -0.336 e. The number of rotatable bonds is 4. The highest BCUT2D eigenvalue weighted by Crippen LogP contribution is 2.20. The van der Waals surface area contributed by atoms with E-state index in [0.29, 0.717) is 17.9 Å². The second kappa shape index (κ2) is 7.03. The summed E-state index contributed by atoms with van der Waals surface area (Å²) in [5.74, 6) is -0.526. The third kappa shape index (κ3) is 3.44. The first kappa shape index (κ1) is 17.0. The topological polar surface area (TPSA) is 38.1 Å². The first-order valence-electron chi connectivity index (χ1n) is 8.65. The van der Waals surface area contributed by atoms with Gasteiger partial charge in [-0.2, -0.15) is 5.10 Å². The van der Waals surface area contributed by atoms with E-state index >= 15 is 0 Å². The molecule has 0 aliphatic heterocycles. The predicted octanol–water partition coefficient (Wildman–Crippen LogP) is 4.44. The molecule has 0 fully saturated rings. The number of fused-ring (bicyclic) bond motifs is 1. The smallest absolute Gasteiger partial charge is 0.274 e. The van der Waals surface area contributed by atoms with E-state index in [4.69, 9.17) is 0 Å². The molecule has 5 heteroatoms. The Labute approximate surface area is 156 Å². The van der Waals surface area contributed by atoms with E-state index in [2.05, 4.69) is 23.3 Å². The van der Waals surface area contributed by atoms with Gasteiger partial charge in [-0.1, -0.05) is 48.5 Å². The van der Waals surface area contributed by atoms with Gasteiger partial charge < -0.3 is 4.90 Å². The van der Waals surface area contributed by atoms with Gasteiger partial charge in [0.05, 0.1) is 5.69 Å². The van der Waals surface area contributed by atoms with E-state index in [9.17, 15) is 9.18 Å². The molecule has 1 aromatic heterocycles. The van der Waals surface area contributed by atoms with Crippen LogP contribution in [0.15, 0.2) is 79.0 Å². The van der Waals surface area contributed by atoms with Crippen LogP contribution in [0.4, 0.5) is 4.39 Å². The monoisotopic (exact) mass is 359 g/mol. The van der Waals surface area contributed by atoms with Gasteiger partial charge in [-0.3, -0.25) is 4.79 Å². The van der Waals surface area contributed by atoms with Gasteiger partial charge in [0.15, 0.2) is 5.69 Å². The predicted molar refractivity (Wildman–Crippen MR) is 103 cm³/mol. The summed E-state index contributed by atoms with van der Waals surface area (Å²) in [6, 6.07) is 21.9. The summed E-state index contributed by atoms with van der Waals surface area (Å²) < 4.78 is 14.9. The van der Waals surface area contributed by atoms with Crippen molar-refractivity contribution in [3.05, 3.63) is 96.1 Å². The van der Waals surface area contributed by atoms with Crippen molar-refractivity contribution in [2.75, 3.05) is 7.05 Å². The quantitative estimate of drug-likeness (QED) is 0.540. The van der Waals surface area contributed by atoms with Gasteiger partial charge in [0, 0.05) is 19.8 Å². The number of carbonyl (C=O) groups excluding carboxylic acids is 1. The highest BCUT2D eigenvalue weighted by atomic mass is 19.1. The molecule has 27 heavy (non-hydrogen) atoms. The van der Waals surface area contributed by atoms with Crippen molar-refractivity contribution in [2.45, 2.75) is 6.54 Å². The number of carbonyl (C=O) groups is 1. The minimum absolute atomic E-state index is 0.182. The molecule has 4 nitrogen and oxygen atoms in total. The Kier molecular flexibility index (Phi) is 4.42. The molecule has 0 unspecified atom stereocenters. The summed E-state index contributed by atoms with van der Waals surface area (Å²) in [7, 11) is 1.76. The standard InChI is InChI=1S/C22H18FN3O/c1-25(15-17-8-4-7-16-6-2-3-11-20(16)17)22(27)21-12-13-26(24-21)19-10-5-9-18(23)14-19/h2-14H,15H2,1H3. The number of aromatic nitrogens is 2. The van der Waals surface area contributed by atoms with Gasteiger partial charge in [-0.25, -0.2) is 9.07 Å². The maximum absolute atomic E-state index is 13.4.